The fourth-order valence-electron chi connectivity index (χ4n) is 1.47. The Balaban J connectivity index is 2.34. The van der Waals surface area contributed by atoms with Gasteiger partial charge in [-0.1, -0.05) is 11.6 Å². The van der Waals surface area contributed by atoms with Crippen molar-refractivity contribution in [2.75, 3.05) is 0 Å². The first-order chi connectivity index (χ1) is 8.08. The van der Waals surface area contributed by atoms with Crippen molar-refractivity contribution in [1.29, 1.82) is 0 Å². The van der Waals surface area contributed by atoms with Crippen LogP contribution in [0.15, 0.2) is 30.5 Å². The van der Waals surface area contributed by atoms with Crippen LogP contribution in [0, 0.1) is 5.82 Å². The first kappa shape index (κ1) is 11.6. The fourth-order valence-corrected chi connectivity index (χ4v) is 1.66. The Bertz CT molecular complexity index is 568. The molecule has 1 N–H and O–H groups in total. The number of nitrogens with zero attached hydrogens (tertiary/aromatic N) is 2. The van der Waals surface area contributed by atoms with E-state index in [4.69, 9.17) is 16.7 Å². The SMILES string of the molecule is O=C(O)c1ccnn1Cc1cc(Cl)ccc1F. The van der Waals surface area contributed by atoms with Gasteiger partial charge in [0.2, 0.25) is 0 Å². The number of benzene rings is 1. The first-order valence-electron chi connectivity index (χ1n) is 4.77. The summed E-state index contributed by atoms with van der Waals surface area (Å²) in [6, 6.07) is 5.47. The zero-order valence-electron chi connectivity index (χ0n) is 8.60. The highest BCUT2D eigenvalue weighted by Crippen LogP contribution is 2.16. The lowest BCUT2D eigenvalue weighted by Gasteiger charge is -2.06. The van der Waals surface area contributed by atoms with E-state index < -0.39 is 11.8 Å². The highest BCUT2D eigenvalue weighted by molar-refractivity contribution is 6.30. The third-order valence-corrected chi connectivity index (χ3v) is 2.50. The molecule has 2 rings (SSSR count). The molecule has 0 fully saturated rings. The van der Waals surface area contributed by atoms with Gasteiger partial charge in [0.1, 0.15) is 11.5 Å². The van der Waals surface area contributed by atoms with Crippen LogP contribution in [-0.4, -0.2) is 20.9 Å². The molecule has 0 saturated carbocycles. The van der Waals surface area contributed by atoms with Crippen LogP contribution in [-0.2, 0) is 6.54 Å². The molecule has 0 spiro atoms. The maximum atomic E-state index is 13.4. The average molecular weight is 255 g/mol. The van der Waals surface area contributed by atoms with Gasteiger partial charge < -0.3 is 5.11 Å². The van der Waals surface area contributed by atoms with E-state index in [1.54, 1.807) is 0 Å². The van der Waals surface area contributed by atoms with E-state index in [1.165, 1.54) is 35.1 Å². The second-order valence-corrected chi connectivity index (χ2v) is 3.85. The molecule has 0 aliphatic rings. The average Bonchev–Trinajstić information content (AvgIpc) is 2.71. The van der Waals surface area contributed by atoms with Crippen LogP contribution in [0.1, 0.15) is 16.1 Å². The number of carbonyl (C=O) groups is 1. The summed E-state index contributed by atoms with van der Waals surface area (Å²) in [5.74, 6) is -1.55. The Kier molecular flexibility index (Phi) is 3.10. The van der Waals surface area contributed by atoms with Crippen LogP contribution < -0.4 is 0 Å². The van der Waals surface area contributed by atoms with E-state index >= 15 is 0 Å². The van der Waals surface area contributed by atoms with E-state index in [-0.39, 0.29) is 12.2 Å². The topological polar surface area (TPSA) is 55.1 Å². The Morgan fingerprint density at radius 3 is 2.94 bits per heavy atom. The maximum Gasteiger partial charge on any atom is 0.354 e. The summed E-state index contributed by atoms with van der Waals surface area (Å²) >= 11 is 5.75. The van der Waals surface area contributed by atoms with Crippen LogP contribution in [0.5, 0.6) is 0 Å². The summed E-state index contributed by atoms with van der Waals surface area (Å²) in [6.45, 7) is 0.0288. The third kappa shape index (κ3) is 2.45. The molecule has 4 nitrogen and oxygen atoms in total. The van der Waals surface area contributed by atoms with Crippen LogP contribution in [0.25, 0.3) is 0 Å². The zero-order valence-corrected chi connectivity index (χ0v) is 9.36. The molecule has 6 heteroatoms. The minimum atomic E-state index is -1.11. The molecule has 1 heterocycles. The van der Waals surface area contributed by atoms with Gasteiger partial charge in [0, 0.05) is 16.8 Å². The fraction of sp³-hybridized carbons (Fsp3) is 0.0909. The quantitative estimate of drug-likeness (QED) is 0.915. The van der Waals surface area contributed by atoms with Crippen molar-refractivity contribution in [3.05, 3.63) is 52.6 Å². The van der Waals surface area contributed by atoms with Gasteiger partial charge in [-0.05, 0) is 24.3 Å². The van der Waals surface area contributed by atoms with Gasteiger partial charge in [-0.3, -0.25) is 4.68 Å². The van der Waals surface area contributed by atoms with Gasteiger partial charge in [-0.2, -0.15) is 5.10 Å². The third-order valence-electron chi connectivity index (χ3n) is 2.26. The first-order valence-corrected chi connectivity index (χ1v) is 5.15. The summed E-state index contributed by atoms with van der Waals surface area (Å²) in [4.78, 5) is 10.8. The Morgan fingerprint density at radius 1 is 1.47 bits per heavy atom. The molecular formula is C11H8ClFN2O2. The maximum absolute atomic E-state index is 13.4. The molecule has 0 amide bonds. The van der Waals surface area contributed by atoms with Gasteiger partial charge in [0.15, 0.2) is 0 Å². The smallest absolute Gasteiger partial charge is 0.354 e. The number of carboxylic acids is 1. The number of rotatable bonds is 3. The van der Waals surface area contributed by atoms with E-state index in [0.29, 0.717) is 10.6 Å². The Morgan fingerprint density at radius 2 is 2.24 bits per heavy atom. The van der Waals surface area contributed by atoms with Crippen molar-refractivity contribution in [2.45, 2.75) is 6.54 Å². The number of halogens is 2. The highest BCUT2D eigenvalue weighted by Gasteiger charge is 2.12. The van der Waals surface area contributed by atoms with Gasteiger partial charge in [-0.15, -0.1) is 0 Å². The molecule has 17 heavy (non-hydrogen) atoms. The second kappa shape index (κ2) is 4.55. The highest BCUT2D eigenvalue weighted by atomic mass is 35.5. The van der Waals surface area contributed by atoms with Crippen molar-refractivity contribution >= 4 is 17.6 Å². The van der Waals surface area contributed by atoms with E-state index in [0.717, 1.165) is 0 Å². The molecule has 0 aliphatic heterocycles. The van der Waals surface area contributed by atoms with Gasteiger partial charge in [0.25, 0.3) is 0 Å². The van der Waals surface area contributed by atoms with Crippen molar-refractivity contribution in [3.63, 3.8) is 0 Å². The molecule has 88 valence electrons. The van der Waals surface area contributed by atoms with Crippen LogP contribution in [0.3, 0.4) is 0 Å². The molecule has 0 bridgehead atoms. The standard InChI is InChI=1S/C11H8ClFN2O2/c12-8-1-2-9(13)7(5-8)6-15-10(11(16)17)3-4-14-15/h1-5H,6H2,(H,16,17). The largest absolute Gasteiger partial charge is 0.477 e. The van der Waals surface area contributed by atoms with Crippen molar-refractivity contribution in [2.24, 2.45) is 0 Å². The van der Waals surface area contributed by atoms with E-state index in [1.807, 2.05) is 0 Å². The number of aromatic carboxylic acids is 1. The number of carboxylic acid groups (broad SMARTS) is 1. The molecular weight excluding hydrogens is 247 g/mol. The van der Waals surface area contributed by atoms with Crippen LogP contribution >= 0.6 is 11.6 Å². The minimum absolute atomic E-state index is 0.00405. The van der Waals surface area contributed by atoms with Gasteiger partial charge >= 0.3 is 5.97 Å². The monoisotopic (exact) mass is 254 g/mol. The molecule has 0 unspecified atom stereocenters. The Hall–Kier alpha value is -1.88. The minimum Gasteiger partial charge on any atom is -0.477 e. The molecule has 1 aromatic carbocycles. The summed E-state index contributed by atoms with van der Waals surface area (Å²) in [6.07, 6.45) is 1.35. The van der Waals surface area contributed by atoms with E-state index in [2.05, 4.69) is 5.10 Å². The number of hydrogen-bond donors (Lipinski definition) is 1. The van der Waals surface area contributed by atoms with Gasteiger partial charge in [0.05, 0.1) is 6.54 Å². The molecule has 0 aliphatic carbocycles. The van der Waals surface area contributed by atoms with Gasteiger partial charge in [-0.25, -0.2) is 9.18 Å². The summed E-state index contributed by atoms with van der Waals surface area (Å²) < 4.78 is 14.7. The summed E-state index contributed by atoms with van der Waals surface area (Å²) in [5, 5.41) is 13.1. The van der Waals surface area contributed by atoms with Crippen molar-refractivity contribution in [1.82, 2.24) is 9.78 Å². The molecule has 0 atom stereocenters. The molecule has 0 saturated heterocycles. The summed E-state index contributed by atoms with van der Waals surface area (Å²) in [5.41, 5.74) is 0.299. The summed E-state index contributed by atoms with van der Waals surface area (Å²) in [7, 11) is 0. The normalized spacial score (nSPS) is 10.5. The predicted molar refractivity (Wildman–Crippen MR) is 59.7 cm³/mol. The second-order valence-electron chi connectivity index (χ2n) is 3.41. The lowest BCUT2D eigenvalue weighted by atomic mass is 10.2. The van der Waals surface area contributed by atoms with E-state index in [9.17, 15) is 9.18 Å². The Labute approximate surface area is 101 Å². The van der Waals surface area contributed by atoms with Crippen LogP contribution in [0.4, 0.5) is 4.39 Å². The van der Waals surface area contributed by atoms with Crippen LogP contribution in [0.2, 0.25) is 5.02 Å². The predicted octanol–water partition coefficient (Wildman–Crippen LogP) is 2.42. The van der Waals surface area contributed by atoms with Crippen molar-refractivity contribution in [3.8, 4) is 0 Å². The lowest BCUT2D eigenvalue weighted by molar-refractivity contribution is 0.0684. The lowest BCUT2D eigenvalue weighted by Crippen LogP contribution is -2.11. The molecule has 0 radical (unpaired) electrons. The zero-order chi connectivity index (χ0) is 12.4. The molecule has 1 aromatic heterocycles. The number of aromatic nitrogens is 2. The molecule has 2 aromatic rings. The van der Waals surface area contributed by atoms with Crippen molar-refractivity contribution < 1.29 is 14.3 Å². The number of hydrogen-bond acceptors (Lipinski definition) is 2.